The minimum absolute atomic E-state index is 0.00732. The molecule has 1 N–H and O–H groups in total. The number of fused-ring (bicyclic) bond motifs is 1. The van der Waals surface area contributed by atoms with Crippen LogP contribution in [0, 0.1) is 0 Å². The van der Waals surface area contributed by atoms with Crippen molar-refractivity contribution in [2.24, 2.45) is 0 Å². The summed E-state index contributed by atoms with van der Waals surface area (Å²) in [6.45, 7) is 0.560. The number of para-hydroxylation sites is 1. The van der Waals surface area contributed by atoms with E-state index in [9.17, 15) is 4.79 Å². The molecule has 0 aliphatic heterocycles. The lowest BCUT2D eigenvalue weighted by atomic mass is 10.2. The van der Waals surface area contributed by atoms with Crippen molar-refractivity contribution >= 4 is 27.5 Å². The summed E-state index contributed by atoms with van der Waals surface area (Å²) in [7, 11) is 0. The molecule has 3 aromatic rings. The molecular weight excluding hydrogens is 268 g/mol. The van der Waals surface area contributed by atoms with Crippen molar-refractivity contribution in [3.63, 3.8) is 0 Å². The molecule has 0 atom stereocenters. The lowest BCUT2D eigenvalue weighted by molar-refractivity contribution is -0.120. The minimum Gasteiger partial charge on any atom is -0.352 e. The molecule has 0 aliphatic carbocycles. The van der Waals surface area contributed by atoms with E-state index < -0.39 is 0 Å². The number of nitrogens with one attached hydrogen (secondary N) is 1. The van der Waals surface area contributed by atoms with E-state index in [0.29, 0.717) is 13.0 Å². The molecule has 20 heavy (non-hydrogen) atoms. The molecule has 0 radical (unpaired) electrons. The van der Waals surface area contributed by atoms with E-state index in [4.69, 9.17) is 0 Å². The molecule has 3 nitrogen and oxygen atoms in total. The van der Waals surface area contributed by atoms with E-state index in [1.165, 1.54) is 0 Å². The van der Waals surface area contributed by atoms with Crippen molar-refractivity contribution in [3.05, 3.63) is 65.2 Å². The summed E-state index contributed by atoms with van der Waals surface area (Å²) in [6, 6.07) is 17.8. The highest BCUT2D eigenvalue weighted by molar-refractivity contribution is 7.18. The lowest BCUT2D eigenvalue weighted by Crippen LogP contribution is -2.24. The molecule has 0 saturated heterocycles. The van der Waals surface area contributed by atoms with Crippen molar-refractivity contribution in [3.8, 4) is 0 Å². The van der Waals surface area contributed by atoms with Crippen LogP contribution in [0.15, 0.2) is 54.6 Å². The number of hydrogen-bond donors (Lipinski definition) is 1. The molecule has 2 aromatic carbocycles. The van der Waals surface area contributed by atoms with E-state index in [1.807, 2.05) is 54.6 Å². The average Bonchev–Trinajstić information content (AvgIpc) is 2.88. The van der Waals surface area contributed by atoms with Crippen LogP contribution in [0.3, 0.4) is 0 Å². The molecule has 0 spiro atoms. The largest absolute Gasteiger partial charge is 0.352 e. The number of amides is 1. The quantitative estimate of drug-likeness (QED) is 0.798. The first-order valence-electron chi connectivity index (χ1n) is 6.46. The SMILES string of the molecule is O=C(Cc1nc2ccccc2s1)NCc1ccccc1. The van der Waals surface area contributed by atoms with E-state index in [1.54, 1.807) is 11.3 Å². The fourth-order valence-corrected chi connectivity index (χ4v) is 2.96. The Morgan fingerprint density at radius 2 is 1.80 bits per heavy atom. The molecule has 0 aliphatic rings. The van der Waals surface area contributed by atoms with Crippen LogP contribution in [0.4, 0.5) is 0 Å². The van der Waals surface area contributed by atoms with Crippen molar-refractivity contribution in [2.75, 3.05) is 0 Å². The van der Waals surface area contributed by atoms with Crippen LogP contribution >= 0.6 is 11.3 Å². The van der Waals surface area contributed by atoms with Gasteiger partial charge in [-0.3, -0.25) is 4.79 Å². The summed E-state index contributed by atoms with van der Waals surface area (Å²) in [4.78, 5) is 16.4. The monoisotopic (exact) mass is 282 g/mol. The Balaban J connectivity index is 1.61. The van der Waals surface area contributed by atoms with Crippen LogP contribution in [0.1, 0.15) is 10.6 Å². The summed E-state index contributed by atoms with van der Waals surface area (Å²) in [5.41, 5.74) is 2.06. The summed E-state index contributed by atoms with van der Waals surface area (Å²) >= 11 is 1.58. The van der Waals surface area contributed by atoms with Crippen molar-refractivity contribution in [1.82, 2.24) is 10.3 Å². The molecule has 100 valence electrons. The average molecular weight is 282 g/mol. The zero-order valence-corrected chi connectivity index (χ0v) is 11.7. The molecule has 1 heterocycles. The second kappa shape index (κ2) is 5.84. The van der Waals surface area contributed by atoms with Gasteiger partial charge in [0.25, 0.3) is 0 Å². The van der Waals surface area contributed by atoms with Gasteiger partial charge in [0.05, 0.1) is 16.6 Å². The first kappa shape index (κ1) is 12.8. The second-order valence-electron chi connectivity index (χ2n) is 4.51. The summed E-state index contributed by atoms with van der Waals surface area (Å²) < 4.78 is 1.12. The van der Waals surface area contributed by atoms with Crippen molar-refractivity contribution < 1.29 is 4.79 Å². The molecule has 4 heteroatoms. The van der Waals surface area contributed by atoms with Gasteiger partial charge in [-0.05, 0) is 17.7 Å². The van der Waals surface area contributed by atoms with Gasteiger partial charge in [0.1, 0.15) is 5.01 Å². The van der Waals surface area contributed by atoms with Gasteiger partial charge in [0.2, 0.25) is 5.91 Å². The van der Waals surface area contributed by atoms with Gasteiger partial charge in [-0.1, -0.05) is 42.5 Å². The number of carbonyl (C=O) groups excluding carboxylic acids is 1. The van der Waals surface area contributed by atoms with Gasteiger partial charge in [0, 0.05) is 6.54 Å². The number of hydrogen-bond acceptors (Lipinski definition) is 3. The van der Waals surface area contributed by atoms with Crippen LogP contribution < -0.4 is 5.32 Å². The predicted octanol–water partition coefficient (Wildman–Crippen LogP) is 3.16. The zero-order valence-electron chi connectivity index (χ0n) is 10.9. The Morgan fingerprint density at radius 1 is 1.05 bits per heavy atom. The van der Waals surface area contributed by atoms with E-state index in [-0.39, 0.29) is 5.91 Å². The van der Waals surface area contributed by atoms with Gasteiger partial charge < -0.3 is 5.32 Å². The number of thiazole rings is 1. The number of carbonyl (C=O) groups is 1. The Labute approximate surface area is 121 Å². The summed E-state index contributed by atoms with van der Waals surface area (Å²) in [5.74, 6) is 0.00732. The summed E-state index contributed by atoms with van der Waals surface area (Å²) in [6.07, 6.45) is 0.339. The van der Waals surface area contributed by atoms with Crippen LogP contribution in [0.2, 0.25) is 0 Å². The molecular formula is C16H14N2OS. The fraction of sp³-hybridized carbons (Fsp3) is 0.125. The van der Waals surface area contributed by atoms with Gasteiger partial charge in [-0.15, -0.1) is 11.3 Å². The smallest absolute Gasteiger partial charge is 0.227 e. The van der Waals surface area contributed by atoms with E-state index in [0.717, 1.165) is 20.8 Å². The Hall–Kier alpha value is -2.20. The Morgan fingerprint density at radius 3 is 2.60 bits per heavy atom. The Bertz CT molecular complexity index is 688. The molecule has 0 saturated carbocycles. The minimum atomic E-state index is 0.00732. The topological polar surface area (TPSA) is 42.0 Å². The van der Waals surface area contributed by atoms with Gasteiger partial charge in [0.15, 0.2) is 0 Å². The lowest BCUT2D eigenvalue weighted by Gasteiger charge is -2.03. The van der Waals surface area contributed by atoms with Crippen molar-refractivity contribution in [2.45, 2.75) is 13.0 Å². The molecule has 3 rings (SSSR count). The number of benzene rings is 2. The standard InChI is InChI=1S/C16H14N2OS/c19-15(17-11-12-6-2-1-3-7-12)10-16-18-13-8-4-5-9-14(13)20-16/h1-9H,10-11H2,(H,17,19). The predicted molar refractivity (Wildman–Crippen MR) is 81.6 cm³/mol. The first-order chi connectivity index (χ1) is 9.81. The summed E-state index contributed by atoms with van der Waals surface area (Å²) in [5, 5.41) is 3.78. The molecule has 1 amide bonds. The number of nitrogens with zero attached hydrogens (tertiary/aromatic N) is 1. The third kappa shape index (κ3) is 3.03. The first-order valence-corrected chi connectivity index (χ1v) is 7.28. The van der Waals surface area contributed by atoms with Crippen LogP contribution in [0.25, 0.3) is 10.2 Å². The highest BCUT2D eigenvalue weighted by Crippen LogP contribution is 2.21. The van der Waals surface area contributed by atoms with Gasteiger partial charge >= 0.3 is 0 Å². The molecule has 0 unspecified atom stereocenters. The van der Waals surface area contributed by atoms with Crippen molar-refractivity contribution in [1.29, 1.82) is 0 Å². The normalized spacial score (nSPS) is 10.6. The van der Waals surface area contributed by atoms with Gasteiger partial charge in [-0.25, -0.2) is 4.98 Å². The highest BCUT2D eigenvalue weighted by atomic mass is 32.1. The number of aromatic nitrogens is 1. The third-order valence-electron chi connectivity index (χ3n) is 2.98. The molecule has 0 bridgehead atoms. The molecule has 1 aromatic heterocycles. The maximum atomic E-state index is 11.9. The van der Waals surface area contributed by atoms with Crippen LogP contribution in [0.5, 0.6) is 0 Å². The Kier molecular flexibility index (Phi) is 3.74. The maximum Gasteiger partial charge on any atom is 0.227 e. The van der Waals surface area contributed by atoms with E-state index >= 15 is 0 Å². The molecule has 0 fully saturated rings. The zero-order chi connectivity index (χ0) is 13.8. The van der Waals surface area contributed by atoms with E-state index in [2.05, 4.69) is 10.3 Å². The highest BCUT2D eigenvalue weighted by Gasteiger charge is 2.08. The second-order valence-corrected chi connectivity index (χ2v) is 5.63. The third-order valence-corrected chi connectivity index (χ3v) is 4.02. The number of rotatable bonds is 4. The maximum absolute atomic E-state index is 11.9. The van der Waals surface area contributed by atoms with Crippen LogP contribution in [-0.4, -0.2) is 10.9 Å². The van der Waals surface area contributed by atoms with Crippen LogP contribution in [-0.2, 0) is 17.8 Å². The fourth-order valence-electron chi connectivity index (χ4n) is 1.99. The van der Waals surface area contributed by atoms with Gasteiger partial charge in [-0.2, -0.15) is 0 Å².